The Balaban J connectivity index is 2.12. The predicted octanol–water partition coefficient (Wildman–Crippen LogP) is 1.20. The van der Waals surface area contributed by atoms with Crippen molar-refractivity contribution in [3.8, 4) is 5.75 Å². The number of hydrogen-bond donors (Lipinski definition) is 1. The summed E-state index contributed by atoms with van der Waals surface area (Å²) >= 11 is 0. The first-order chi connectivity index (χ1) is 11.0. The molecule has 1 aliphatic heterocycles. The van der Waals surface area contributed by atoms with Crippen LogP contribution in [0.3, 0.4) is 0 Å². The number of phenols is 1. The molecule has 0 bridgehead atoms. The predicted molar refractivity (Wildman–Crippen MR) is 80.1 cm³/mol. The van der Waals surface area contributed by atoms with E-state index in [-0.39, 0.29) is 34.7 Å². The van der Waals surface area contributed by atoms with Crippen LogP contribution in [0, 0.1) is 5.92 Å². The second kappa shape index (κ2) is 7.13. The van der Waals surface area contributed by atoms with Crippen molar-refractivity contribution < 1.29 is 29.0 Å². The third-order valence-corrected chi connectivity index (χ3v) is 3.96. The second-order valence-electron chi connectivity index (χ2n) is 5.31. The molecular formula is C16H19NO6. The number of carbonyl (C=O) groups is 3. The molecule has 0 saturated carbocycles. The SMILES string of the molecule is COC(=O)c1ccc(O)c(C(=O)N2CCC(C(=O)OC)CC2)c1. The molecule has 1 saturated heterocycles. The lowest BCUT2D eigenvalue weighted by Crippen LogP contribution is -2.40. The number of ether oxygens (including phenoxy) is 2. The first-order valence-electron chi connectivity index (χ1n) is 7.26. The van der Waals surface area contributed by atoms with Crippen LogP contribution >= 0.6 is 0 Å². The minimum Gasteiger partial charge on any atom is -0.507 e. The molecule has 0 radical (unpaired) electrons. The van der Waals surface area contributed by atoms with Gasteiger partial charge in [0.1, 0.15) is 5.75 Å². The first kappa shape index (κ1) is 16.8. The maximum Gasteiger partial charge on any atom is 0.337 e. The van der Waals surface area contributed by atoms with Crippen molar-refractivity contribution in [3.63, 3.8) is 0 Å². The number of hydrogen-bond acceptors (Lipinski definition) is 6. The van der Waals surface area contributed by atoms with Gasteiger partial charge in [-0.15, -0.1) is 0 Å². The average Bonchev–Trinajstić information content (AvgIpc) is 2.60. The number of likely N-dealkylation sites (tertiary alicyclic amines) is 1. The molecule has 0 spiro atoms. The molecule has 0 aromatic heterocycles. The number of esters is 2. The van der Waals surface area contributed by atoms with Crippen molar-refractivity contribution in [1.29, 1.82) is 0 Å². The van der Waals surface area contributed by atoms with Gasteiger partial charge in [0.25, 0.3) is 5.91 Å². The van der Waals surface area contributed by atoms with E-state index in [1.807, 2.05) is 0 Å². The van der Waals surface area contributed by atoms with Crippen LogP contribution in [-0.4, -0.2) is 55.2 Å². The van der Waals surface area contributed by atoms with Crippen LogP contribution in [0.15, 0.2) is 18.2 Å². The van der Waals surface area contributed by atoms with Crippen molar-refractivity contribution in [1.82, 2.24) is 4.90 Å². The van der Waals surface area contributed by atoms with Gasteiger partial charge in [0.05, 0.1) is 31.3 Å². The lowest BCUT2D eigenvalue weighted by molar-refractivity contribution is -0.146. The molecule has 1 aliphatic rings. The van der Waals surface area contributed by atoms with Gasteiger partial charge in [0.2, 0.25) is 0 Å². The van der Waals surface area contributed by atoms with E-state index in [1.54, 1.807) is 4.90 Å². The minimum atomic E-state index is -0.580. The van der Waals surface area contributed by atoms with Crippen molar-refractivity contribution in [3.05, 3.63) is 29.3 Å². The fourth-order valence-corrected chi connectivity index (χ4v) is 2.61. The van der Waals surface area contributed by atoms with Gasteiger partial charge >= 0.3 is 11.9 Å². The van der Waals surface area contributed by atoms with Crippen molar-refractivity contribution in [2.24, 2.45) is 5.92 Å². The lowest BCUT2D eigenvalue weighted by Gasteiger charge is -2.30. The summed E-state index contributed by atoms with van der Waals surface area (Å²) in [6, 6.07) is 4.00. The van der Waals surface area contributed by atoms with Gasteiger partial charge in [0.15, 0.2) is 0 Å². The van der Waals surface area contributed by atoms with E-state index in [2.05, 4.69) is 4.74 Å². The maximum atomic E-state index is 12.5. The Morgan fingerprint density at radius 3 is 2.35 bits per heavy atom. The zero-order valence-electron chi connectivity index (χ0n) is 13.1. The van der Waals surface area contributed by atoms with Crippen molar-refractivity contribution in [2.75, 3.05) is 27.3 Å². The maximum absolute atomic E-state index is 12.5. The van der Waals surface area contributed by atoms with Crippen LogP contribution in [0.25, 0.3) is 0 Å². The highest BCUT2D eigenvalue weighted by molar-refractivity contribution is 6.00. The molecule has 0 aliphatic carbocycles. The van der Waals surface area contributed by atoms with Gasteiger partial charge in [-0.3, -0.25) is 9.59 Å². The average molecular weight is 321 g/mol. The standard InChI is InChI=1S/C16H19NO6/c1-22-15(20)10-5-7-17(8-6-10)14(19)12-9-11(16(21)23-2)3-4-13(12)18/h3-4,9-10,18H,5-8H2,1-2H3. The molecule has 0 unspecified atom stereocenters. The van der Waals surface area contributed by atoms with Crippen LogP contribution in [0.1, 0.15) is 33.6 Å². The van der Waals surface area contributed by atoms with E-state index >= 15 is 0 Å². The van der Waals surface area contributed by atoms with Crippen LogP contribution in [0.4, 0.5) is 0 Å². The Morgan fingerprint density at radius 2 is 1.78 bits per heavy atom. The van der Waals surface area contributed by atoms with E-state index < -0.39 is 5.97 Å². The zero-order chi connectivity index (χ0) is 17.0. The normalized spacial score (nSPS) is 15.1. The molecule has 1 aromatic carbocycles. The quantitative estimate of drug-likeness (QED) is 0.841. The third kappa shape index (κ3) is 3.61. The summed E-state index contributed by atoms with van der Waals surface area (Å²) in [5, 5.41) is 9.90. The molecule has 1 aromatic rings. The van der Waals surface area contributed by atoms with Gasteiger partial charge in [-0.25, -0.2) is 4.79 Å². The fraction of sp³-hybridized carbons (Fsp3) is 0.438. The molecular weight excluding hydrogens is 302 g/mol. The minimum absolute atomic E-state index is 0.0458. The summed E-state index contributed by atoms with van der Waals surface area (Å²) in [6.07, 6.45) is 1.02. The first-order valence-corrected chi connectivity index (χ1v) is 7.26. The highest BCUT2D eigenvalue weighted by Crippen LogP contribution is 2.24. The van der Waals surface area contributed by atoms with Crippen LogP contribution in [-0.2, 0) is 14.3 Å². The fourth-order valence-electron chi connectivity index (χ4n) is 2.61. The molecule has 1 heterocycles. The van der Waals surface area contributed by atoms with Gasteiger partial charge in [0, 0.05) is 13.1 Å². The topological polar surface area (TPSA) is 93.1 Å². The van der Waals surface area contributed by atoms with E-state index in [0.29, 0.717) is 25.9 Å². The van der Waals surface area contributed by atoms with E-state index in [1.165, 1.54) is 32.4 Å². The Labute approximate surface area is 133 Å². The molecule has 2 rings (SSSR count). The molecule has 1 amide bonds. The summed E-state index contributed by atoms with van der Waals surface area (Å²) in [4.78, 5) is 37.1. The van der Waals surface area contributed by atoms with E-state index in [0.717, 1.165) is 0 Å². The Bertz CT molecular complexity index is 619. The number of benzene rings is 1. The number of rotatable bonds is 3. The highest BCUT2D eigenvalue weighted by atomic mass is 16.5. The zero-order valence-corrected chi connectivity index (χ0v) is 13.1. The summed E-state index contributed by atoms with van der Waals surface area (Å²) in [5.41, 5.74) is 0.238. The number of aromatic hydroxyl groups is 1. The summed E-state index contributed by atoms with van der Waals surface area (Å²) in [6.45, 7) is 0.779. The largest absolute Gasteiger partial charge is 0.507 e. The number of nitrogens with zero attached hydrogens (tertiary/aromatic N) is 1. The van der Waals surface area contributed by atoms with Crippen LogP contribution in [0.5, 0.6) is 5.75 Å². The van der Waals surface area contributed by atoms with Gasteiger partial charge in [-0.05, 0) is 31.0 Å². The monoisotopic (exact) mass is 321 g/mol. The Kier molecular flexibility index (Phi) is 5.20. The number of carbonyl (C=O) groups excluding carboxylic acids is 3. The number of piperidine rings is 1. The molecule has 124 valence electrons. The van der Waals surface area contributed by atoms with Gasteiger partial charge in [-0.2, -0.15) is 0 Å². The smallest absolute Gasteiger partial charge is 0.337 e. The summed E-state index contributed by atoms with van der Waals surface area (Å²) in [5.74, 6) is -1.63. The van der Waals surface area contributed by atoms with Crippen LogP contribution < -0.4 is 0 Å². The van der Waals surface area contributed by atoms with Crippen LogP contribution in [0.2, 0.25) is 0 Å². The summed E-state index contributed by atoms with van der Waals surface area (Å²) in [7, 11) is 2.59. The Hall–Kier alpha value is -2.57. The molecule has 7 nitrogen and oxygen atoms in total. The molecule has 7 heteroatoms. The van der Waals surface area contributed by atoms with Crippen molar-refractivity contribution >= 4 is 17.8 Å². The van der Waals surface area contributed by atoms with E-state index in [4.69, 9.17) is 4.74 Å². The highest BCUT2D eigenvalue weighted by Gasteiger charge is 2.29. The number of phenolic OH excluding ortho intramolecular Hbond substituents is 1. The molecule has 1 fully saturated rings. The molecule has 1 N–H and O–H groups in total. The number of methoxy groups -OCH3 is 2. The number of amides is 1. The third-order valence-electron chi connectivity index (χ3n) is 3.96. The molecule has 0 atom stereocenters. The van der Waals surface area contributed by atoms with Gasteiger partial charge < -0.3 is 19.5 Å². The Morgan fingerprint density at radius 1 is 1.13 bits per heavy atom. The van der Waals surface area contributed by atoms with Crippen molar-refractivity contribution in [2.45, 2.75) is 12.8 Å². The van der Waals surface area contributed by atoms with Gasteiger partial charge in [-0.1, -0.05) is 0 Å². The second-order valence-corrected chi connectivity index (χ2v) is 5.31. The van der Waals surface area contributed by atoms with E-state index in [9.17, 15) is 19.5 Å². The molecule has 23 heavy (non-hydrogen) atoms. The lowest BCUT2D eigenvalue weighted by atomic mass is 9.96. The summed E-state index contributed by atoms with van der Waals surface area (Å²) < 4.78 is 9.32.